The maximum Gasteiger partial charge on any atom is 0.326 e. The van der Waals surface area contributed by atoms with Gasteiger partial charge in [0.15, 0.2) is 0 Å². The average molecular weight is 346 g/mol. The molecule has 0 aliphatic carbocycles. The molecule has 5 N–H and O–H groups in total. The zero-order valence-electron chi connectivity index (χ0n) is 11.7. The third kappa shape index (κ3) is 3.82. The first-order chi connectivity index (χ1) is 10.4. The van der Waals surface area contributed by atoms with E-state index in [9.17, 15) is 14.7 Å². The SMILES string of the molecule is NCCCC(=O)N[C@H]1C[C@H](C(=O)O)Nc2cc(Cl)cc(Cl)c21. The highest BCUT2D eigenvalue weighted by Crippen LogP contribution is 2.39. The molecule has 6 nitrogen and oxygen atoms in total. The van der Waals surface area contributed by atoms with Crippen LogP contribution >= 0.6 is 23.2 Å². The fourth-order valence-electron chi connectivity index (χ4n) is 2.48. The standard InChI is InChI=1S/C14H17Cl2N3O3/c15-7-4-8(16)13-9(5-7)18-11(14(21)22)6-10(13)19-12(20)2-1-3-17/h4-5,10-11,18H,1-3,6,17H2,(H,19,20)(H,21,22)/t10-,11+/m0/s1. The zero-order valence-corrected chi connectivity index (χ0v) is 13.2. The summed E-state index contributed by atoms with van der Waals surface area (Å²) < 4.78 is 0. The highest BCUT2D eigenvalue weighted by Gasteiger charge is 2.33. The van der Waals surface area contributed by atoms with Crippen LogP contribution in [0.1, 0.15) is 30.9 Å². The Balaban J connectivity index is 2.29. The molecule has 2 rings (SSSR count). The molecule has 1 amide bonds. The van der Waals surface area contributed by atoms with Crippen molar-refractivity contribution >= 4 is 40.8 Å². The predicted octanol–water partition coefficient (Wildman–Crippen LogP) is 2.16. The molecular formula is C14H17Cl2N3O3. The first kappa shape index (κ1) is 16.9. The van der Waals surface area contributed by atoms with Gasteiger partial charge < -0.3 is 21.5 Å². The van der Waals surface area contributed by atoms with Crippen LogP contribution in [0.15, 0.2) is 12.1 Å². The van der Waals surface area contributed by atoms with Crippen molar-refractivity contribution in [1.29, 1.82) is 0 Å². The Labute approximate surface area is 138 Å². The first-order valence-corrected chi connectivity index (χ1v) is 7.65. The summed E-state index contributed by atoms with van der Waals surface area (Å²) in [7, 11) is 0. The number of halogens is 2. The number of fused-ring (bicyclic) bond motifs is 1. The first-order valence-electron chi connectivity index (χ1n) is 6.90. The van der Waals surface area contributed by atoms with Gasteiger partial charge in [-0.15, -0.1) is 0 Å². The molecule has 1 aliphatic rings. The summed E-state index contributed by atoms with van der Waals surface area (Å²) in [5.74, 6) is -1.18. The van der Waals surface area contributed by atoms with Crippen molar-refractivity contribution in [2.45, 2.75) is 31.3 Å². The number of nitrogens with one attached hydrogen (secondary N) is 2. The van der Waals surface area contributed by atoms with Crippen LogP contribution in [0.4, 0.5) is 5.69 Å². The number of carboxylic acid groups (broad SMARTS) is 1. The van der Waals surface area contributed by atoms with E-state index >= 15 is 0 Å². The normalized spacial score (nSPS) is 20.0. The number of amides is 1. The maximum atomic E-state index is 11.9. The van der Waals surface area contributed by atoms with Gasteiger partial charge in [-0.25, -0.2) is 4.79 Å². The predicted molar refractivity (Wildman–Crippen MR) is 85.3 cm³/mol. The summed E-state index contributed by atoms with van der Waals surface area (Å²) >= 11 is 12.2. The molecule has 120 valence electrons. The molecule has 0 radical (unpaired) electrons. The molecule has 0 saturated carbocycles. The van der Waals surface area contributed by atoms with E-state index < -0.39 is 18.1 Å². The van der Waals surface area contributed by atoms with E-state index in [1.54, 1.807) is 12.1 Å². The quantitative estimate of drug-likeness (QED) is 0.654. The third-order valence-corrected chi connectivity index (χ3v) is 4.02. The third-order valence-electron chi connectivity index (χ3n) is 3.49. The lowest BCUT2D eigenvalue weighted by atomic mass is 9.92. The smallest absolute Gasteiger partial charge is 0.326 e. The molecule has 1 heterocycles. The minimum Gasteiger partial charge on any atom is -0.480 e. The van der Waals surface area contributed by atoms with Crippen LogP contribution in [0.2, 0.25) is 10.0 Å². The summed E-state index contributed by atoms with van der Waals surface area (Å²) in [6, 6.07) is 1.88. The van der Waals surface area contributed by atoms with Crippen molar-refractivity contribution in [2.75, 3.05) is 11.9 Å². The monoisotopic (exact) mass is 345 g/mol. The van der Waals surface area contributed by atoms with Crippen LogP contribution < -0.4 is 16.4 Å². The molecule has 8 heteroatoms. The van der Waals surface area contributed by atoms with Gasteiger partial charge in [-0.3, -0.25) is 4.79 Å². The summed E-state index contributed by atoms with van der Waals surface area (Å²) in [6.45, 7) is 0.421. The number of benzene rings is 1. The summed E-state index contributed by atoms with van der Waals surface area (Å²) in [5, 5.41) is 15.7. The van der Waals surface area contributed by atoms with Gasteiger partial charge in [0.25, 0.3) is 0 Å². The number of nitrogens with two attached hydrogens (primary N) is 1. The van der Waals surface area contributed by atoms with Crippen LogP contribution in [-0.4, -0.2) is 29.6 Å². The lowest BCUT2D eigenvalue weighted by molar-refractivity contribution is -0.138. The van der Waals surface area contributed by atoms with Crippen LogP contribution in [0.25, 0.3) is 0 Å². The van der Waals surface area contributed by atoms with E-state index in [2.05, 4.69) is 10.6 Å². The molecule has 0 bridgehead atoms. The molecular weight excluding hydrogens is 329 g/mol. The Morgan fingerprint density at radius 1 is 1.41 bits per heavy atom. The van der Waals surface area contributed by atoms with E-state index in [0.29, 0.717) is 40.7 Å². The Morgan fingerprint density at radius 3 is 2.77 bits per heavy atom. The number of rotatable bonds is 5. The van der Waals surface area contributed by atoms with Gasteiger partial charge in [-0.2, -0.15) is 0 Å². The van der Waals surface area contributed by atoms with Crippen LogP contribution in [0.5, 0.6) is 0 Å². The van der Waals surface area contributed by atoms with Crippen molar-refractivity contribution in [2.24, 2.45) is 5.73 Å². The van der Waals surface area contributed by atoms with Crippen molar-refractivity contribution in [3.8, 4) is 0 Å². The number of aliphatic carboxylic acids is 1. The van der Waals surface area contributed by atoms with E-state index in [-0.39, 0.29) is 12.3 Å². The number of hydrogen-bond donors (Lipinski definition) is 4. The topological polar surface area (TPSA) is 104 Å². The van der Waals surface area contributed by atoms with Gasteiger partial charge in [0, 0.05) is 34.1 Å². The lowest BCUT2D eigenvalue weighted by Crippen LogP contribution is -2.41. The van der Waals surface area contributed by atoms with Crippen molar-refractivity contribution in [1.82, 2.24) is 5.32 Å². The second-order valence-corrected chi connectivity index (χ2v) is 5.98. The largest absolute Gasteiger partial charge is 0.480 e. The van der Waals surface area contributed by atoms with Crippen LogP contribution in [-0.2, 0) is 9.59 Å². The number of carbonyl (C=O) groups excluding carboxylic acids is 1. The number of carboxylic acids is 1. The Kier molecular flexibility index (Phi) is 5.50. The number of hydrogen-bond acceptors (Lipinski definition) is 4. The maximum absolute atomic E-state index is 11.9. The lowest BCUT2D eigenvalue weighted by Gasteiger charge is -2.32. The summed E-state index contributed by atoms with van der Waals surface area (Å²) in [4.78, 5) is 23.2. The van der Waals surface area contributed by atoms with Gasteiger partial charge in [0.2, 0.25) is 5.91 Å². The molecule has 1 aromatic rings. The molecule has 0 unspecified atom stereocenters. The van der Waals surface area contributed by atoms with Gasteiger partial charge in [-0.1, -0.05) is 23.2 Å². The fourth-order valence-corrected chi connectivity index (χ4v) is 3.11. The van der Waals surface area contributed by atoms with Crippen LogP contribution in [0, 0.1) is 0 Å². The highest BCUT2D eigenvalue weighted by atomic mass is 35.5. The van der Waals surface area contributed by atoms with Gasteiger partial charge in [-0.05, 0) is 25.1 Å². The second kappa shape index (κ2) is 7.17. The average Bonchev–Trinajstić information content (AvgIpc) is 2.43. The zero-order chi connectivity index (χ0) is 16.3. The molecule has 0 spiro atoms. The fraction of sp³-hybridized carbons (Fsp3) is 0.429. The molecule has 0 fully saturated rings. The number of carbonyl (C=O) groups is 2. The van der Waals surface area contributed by atoms with Crippen molar-refractivity contribution in [3.05, 3.63) is 27.7 Å². The Hall–Kier alpha value is -1.50. The molecule has 1 aliphatic heterocycles. The minimum atomic E-state index is -0.997. The minimum absolute atomic E-state index is 0.182. The molecule has 2 atom stereocenters. The molecule has 22 heavy (non-hydrogen) atoms. The van der Waals surface area contributed by atoms with Gasteiger partial charge >= 0.3 is 5.97 Å². The molecule has 1 aromatic carbocycles. The highest BCUT2D eigenvalue weighted by molar-refractivity contribution is 6.35. The summed E-state index contributed by atoms with van der Waals surface area (Å²) in [6.07, 6.45) is 1.07. The van der Waals surface area contributed by atoms with E-state index in [1.165, 1.54) is 0 Å². The Morgan fingerprint density at radius 2 is 2.14 bits per heavy atom. The van der Waals surface area contributed by atoms with Crippen molar-refractivity contribution in [3.63, 3.8) is 0 Å². The molecule has 0 saturated heterocycles. The second-order valence-electron chi connectivity index (χ2n) is 5.13. The van der Waals surface area contributed by atoms with E-state index in [0.717, 1.165) is 0 Å². The van der Waals surface area contributed by atoms with E-state index in [1.807, 2.05) is 0 Å². The molecule has 0 aromatic heterocycles. The van der Waals surface area contributed by atoms with E-state index in [4.69, 9.17) is 28.9 Å². The summed E-state index contributed by atoms with van der Waals surface area (Å²) in [5.41, 5.74) is 6.57. The van der Waals surface area contributed by atoms with Crippen molar-refractivity contribution < 1.29 is 14.7 Å². The Bertz CT molecular complexity index is 595. The number of anilines is 1. The van der Waals surface area contributed by atoms with Gasteiger partial charge in [0.1, 0.15) is 6.04 Å². The van der Waals surface area contributed by atoms with Crippen LogP contribution in [0.3, 0.4) is 0 Å². The van der Waals surface area contributed by atoms with Gasteiger partial charge in [0.05, 0.1) is 6.04 Å².